The van der Waals surface area contributed by atoms with E-state index in [-0.39, 0.29) is 0 Å². The number of aromatic hydroxyl groups is 1. The third-order valence-corrected chi connectivity index (χ3v) is 5.06. The second-order valence-corrected chi connectivity index (χ2v) is 6.44. The number of rotatable bonds is 4. The highest BCUT2D eigenvalue weighted by Crippen LogP contribution is 2.39. The lowest BCUT2D eigenvalue weighted by atomic mass is 10.2. The van der Waals surface area contributed by atoms with Gasteiger partial charge in [-0.25, -0.2) is 0 Å². The van der Waals surface area contributed by atoms with E-state index < -0.39 is 0 Å². The summed E-state index contributed by atoms with van der Waals surface area (Å²) < 4.78 is 0. The molecule has 0 saturated carbocycles. The van der Waals surface area contributed by atoms with E-state index in [4.69, 9.17) is 10.7 Å². The first-order valence-electron chi connectivity index (χ1n) is 5.71. The topological polar surface area (TPSA) is 55.5 Å². The monoisotopic (exact) mass is 293 g/mol. The number of phenolic OH excluding ortho intramolecular Hbond substituents is 1. The molecule has 0 saturated heterocycles. The molecule has 0 atom stereocenters. The summed E-state index contributed by atoms with van der Waals surface area (Å²) in [7, 11) is 3.31. The zero-order chi connectivity index (χ0) is 13.8. The molecule has 5 heteroatoms. The van der Waals surface area contributed by atoms with Gasteiger partial charge in [-0.2, -0.15) is 5.90 Å². The third kappa shape index (κ3) is 3.59. The Balaban J connectivity index is 2.05. The summed E-state index contributed by atoms with van der Waals surface area (Å²) in [6, 6.07) is 11.5. The van der Waals surface area contributed by atoms with E-state index in [2.05, 4.69) is 0 Å². The number of hydrogen-bond acceptors (Lipinski definition) is 5. The fraction of sp³-hybridized carbons (Fsp3) is 0.143. The summed E-state index contributed by atoms with van der Waals surface area (Å²) in [5.74, 6) is 6.18. The van der Waals surface area contributed by atoms with Crippen LogP contribution in [0.4, 0.5) is 0 Å². The van der Waals surface area contributed by atoms with E-state index >= 15 is 0 Å². The van der Waals surface area contributed by atoms with Gasteiger partial charge in [-0.05, 0) is 61.4 Å². The van der Waals surface area contributed by atoms with E-state index in [9.17, 15) is 5.11 Å². The van der Waals surface area contributed by atoms with Crippen molar-refractivity contribution in [1.82, 2.24) is 0 Å². The standard InChI is InChI=1S/C14H15NO2S2/c1-9-7-11(3-5-13(9)16)18-19-12-4-6-14(17-15)10(2)8-12/h3-8,16H,15H2,1-2H3. The van der Waals surface area contributed by atoms with Gasteiger partial charge >= 0.3 is 0 Å². The molecule has 0 aliphatic heterocycles. The van der Waals surface area contributed by atoms with Gasteiger partial charge in [-0.15, -0.1) is 0 Å². The lowest BCUT2D eigenvalue weighted by molar-refractivity contribution is 0.332. The Labute approximate surface area is 120 Å². The second-order valence-electron chi connectivity index (χ2n) is 4.16. The van der Waals surface area contributed by atoms with E-state index in [1.165, 1.54) is 0 Å². The molecule has 0 aliphatic rings. The number of phenols is 1. The molecule has 0 radical (unpaired) electrons. The fourth-order valence-electron chi connectivity index (χ4n) is 1.58. The molecule has 2 aromatic rings. The van der Waals surface area contributed by atoms with E-state index in [0.717, 1.165) is 20.9 Å². The van der Waals surface area contributed by atoms with Crippen LogP contribution in [0.25, 0.3) is 0 Å². The summed E-state index contributed by atoms with van der Waals surface area (Å²) in [5.41, 5.74) is 1.89. The van der Waals surface area contributed by atoms with E-state index in [1.807, 2.05) is 44.2 Å². The molecular weight excluding hydrogens is 278 g/mol. The molecule has 0 unspecified atom stereocenters. The first kappa shape index (κ1) is 14.1. The number of nitrogens with two attached hydrogens (primary N) is 1. The molecule has 0 heterocycles. The van der Waals surface area contributed by atoms with Crippen molar-refractivity contribution >= 4 is 21.6 Å². The molecular formula is C14H15NO2S2. The van der Waals surface area contributed by atoms with Crippen LogP contribution in [0.15, 0.2) is 46.2 Å². The van der Waals surface area contributed by atoms with Gasteiger partial charge in [0.1, 0.15) is 11.5 Å². The van der Waals surface area contributed by atoms with E-state index in [0.29, 0.717) is 11.5 Å². The first-order chi connectivity index (χ1) is 9.10. The lowest BCUT2D eigenvalue weighted by Crippen LogP contribution is -2.02. The van der Waals surface area contributed by atoms with Gasteiger partial charge in [0.2, 0.25) is 0 Å². The van der Waals surface area contributed by atoms with Gasteiger partial charge in [0.15, 0.2) is 0 Å². The van der Waals surface area contributed by atoms with Gasteiger partial charge in [-0.1, -0.05) is 21.6 Å². The highest BCUT2D eigenvalue weighted by atomic mass is 33.1. The van der Waals surface area contributed by atoms with Crippen LogP contribution >= 0.6 is 21.6 Å². The van der Waals surface area contributed by atoms with Crippen LogP contribution in [0, 0.1) is 13.8 Å². The average Bonchev–Trinajstić information content (AvgIpc) is 2.40. The summed E-state index contributed by atoms with van der Waals surface area (Å²) in [6.45, 7) is 3.85. The Kier molecular flexibility index (Phi) is 4.63. The molecule has 2 aromatic carbocycles. The van der Waals surface area contributed by atoms with Crippen LogP contribution < -0.4 is 10.7 Å². The normalized spacial score (nSPS) is 10.5. The minimum absolute atomic E-state index is 0.328. The average molecular weight is 293 g/mol. The maximum absolute atomic E-state index is 9.48. The Morgan fingerprint density at radius 1 is 0.947 bits per heavy atom. The largest absolute Gasteiger partial charge is 0.508 e. The molecule has 100 valence electrons. The third-order valence-electron chi connectivity index (χ3n) is 2.68. The smallest absolute Gasteiger partial charge is 0.149 e. The van der Waals surface area contributed by atoms with Gasteiger partial charge in [-0.3, -0.25) is 0 Å². The molecule has 3 nitrogen and oxygen atoms in total. The predicted octanol–water partition coefficient (Wildman–Crippen LogP) is 4.06. The van der Waals surface area contributed by atoms with Crippen molar-refractivity contribution in [2.75, 3.05) is 0 Å². The van der Waals surface area contributed by atoms with Gasteiger partial charge in [0.25, 0.3) is 0 Å². The number of benzene rings is 2. The van der Waals surface area contributed by atoms with Gasteiger partial charge in [0.05, 0.1) is 0 Å². The number of aryl methyl sites for hydroxylation is 2. The van der Waals surface area contributed by atoms with Crippen LogP contribution in [0.5, 0.6) is 11.5 Å². The Morgan fingerprint density at radius 3 is 2.05 bits per heavy atom. The summed E-state index contributed by atoms with van der Waals surface area (Å²) >= 11 is 0. The lowest BCUT2D eigenvalue weighted by Gasteiger charge is -2.07. The van der Waals surface area contributed by atoms with Crippen LogP contribution in [0.2, 0.25) is 0 Å². The minimum atomic E-state index is 0.328. The molecule has 0 bridgehead atoms. The zero-order valence-electron chi connectivity index (χ0n) is 10.7. The zero-order valence-corrected chi connectivity index (χ0v) is 12.3. The van der Waals surface area contributed by atoms with Crippen molar-refractivity contribution in [3.63, 3.8) is 0 Å². The summed E-state index contributed by atoms with van der Waals surface area (Å²) in [4.78, 5) is 6.99. The van der Waals surface area contributed by atoms with Crippen molar-refractivity contribution in [1.29, 1.82) is 0 Å². The minimum Gasteiger partial charge on any atom is -0.508 e. The molecule has 0 amide bonds. The van der Waals surface area contributed by atoms with Crippen LogP contribution in [0.1, 0.15) is 11.1 Å². The van der Waals surface area contributed by atoms with Crippen molar-refractivity contribution in [2.24, 2.45) is 5.90 Å². The Bertz CT molecular complexity index is 588. The second kappa shape index (κ2) is 6.23. The van der Waals surface area contributed by atoms with Crippen molar-refractivity contribution in [3.8, 4) is 11.5 Å². The molecule has 0 fully saturated rings. The molecule has 0 aromatic heterocycles. The van der Waals surface area contributed by atoms with E-state index in [1.54, 1.807) is 27.7 Å². The highest BCUT2D eigenvalue weighted by molar-refractivity contribution is 8.76. The molecule has 2 rings (SSSR count). The van der Waals surface area contributed by atoms with Crippen LogP contribution in [0.3, 0.4) is 0 Å². The first-order valence-corrected chi connectivity index (χ1v) is 7.86. The summed E-state index contributed by atoms with van der Waals surface area (Å²) in [5, 5.41) is 9.48. The van der Waals surface area contributed by atoms with Crippen molar-refractivity contribution < 1.29 is 9.94 Å². The predicted molar refractivity (Wildman–Crippen MR) is 80.6 cm³/mol. The Morgan fingerprint density at radius 2 is 1.53 bits per heavy atom. The van der Waals surface area contributed by atoms with Gasteiger partial charge < -0.3 is 9.94 Å². The van der Waals surface area contributed by atoms with Crippen molar-refractivity contribution in [3.05, 3.63) is 47.5 Å². The quantitative estimate of drug-likeness (QED) is 0.657. The van der Waals surface area contributed by atoms with Crippen LogP contribution in [-0.2, 0) is 0 Å². The molecule has 3 N–H and O–H groups in total. The highest BCUT2D eigenvalue weighted by Gasteiger charge is 2.04. The van der Waals surface area contributed by atoms with Crippen molar-refractivity contribution in [2.45, 2.75) is 23.6 Å². The molecule has 0 spiro atoms. The number of hydrogen-bond donors (Lipinski definition) is 2. The SMILES string of the molecule is Cc1cc(SSc2ccc(ON)c(C)c2)ccc1O. The van der Waals surface area contributed by atoms with Crippen LogP contribution in [-0.4, -0.2) is 5.11 Å². The summed E-state index contributed by atoms with van der Waals surface area (Å²) in [6.07, 6.45) is 0. The molecule has 19 heavy (non-hydrogen) atoms. The Hall–Kier alpha value is -1.30. The maximum atomic E-state index is 9.48. The fourth-order valence-corrected chi connectivity index (χ4v) is 3.67. The maximum Gasteiger partial charge on any atom is 0.149 e. The molecule has 0 aliphatic carbocycles. The van der Waals surface area contributed by atoms with Gasteiger partial charge in [0, 0.05) is 9.79 Å².